The van der Waals surface area contributed by atoms with Crippen molar-refractivity contribution < 1.29 is 19.1 Å². The zero-order valence-corrected chi connectivity index (χ0v) is 20.4. The number of esters is 1. The number of benzene rings is 2. The van der Waals surface area contributed by atoms with Crippen molar-refractivity contribution in [3.63, 3.8) is 0 Å². The van der Waals surface area contributed by atoms with Crippen molar-refractivity contribution in [1.29, 1.82) is 0 Å². The van der Waals surface area contributed by atoms with Gasteiger partial charge in [-0.2, -0.15) is 0 Å². The predicted molar refractivity (Wildman–Crippen MR) is 133 cm³/mol. The second kappa shape index (κ2) is 9.23. The van der Waals surface area contributed by atoms with E-state index in [1.54, 1.807) is 44.4 Å². The van der Waals surface area contributed by atoms with Crippen LogP contribution in [-0.4, -0.2) is 30.7 Å². The molecule has 2 aromatic carbocycles. The number of anilines is 1. The van der Waals surface area contributed by atoms with Crippen molar-refractivity contribution in [2.75, 3.05) is 19.1 Å². The molecule has 0 N–H and O–H groups in total. The van der Waals surface area contributed by atoms with Crippen molar-refractivity contribution in [3.05, 3.63) is 93.4 Å². The highest BCUT2D eigenvalue weighted by Gasteiger charge is 2.38. The van der Waals surface area contributed by atoms with Gasteiger partial charge in [0.05, 0.1) is 25.4 Å². The van der Waals surface area contributed by atoms with Gasteiger partial charge in [0.25, 0.3) is 5.91 Å². The Morgan fingerprint density at radius 1 is 0.941 bits per heavy atom. The van der Waals surface area contributed by atoms with Gasteiger partial charge < -0.3 is 14.0 Å². The van der Waals surface area contributed by atoms with Gasteiger partial charge >= 0.3 is 5.97 Å². The van der Waals surface area contributed by atoms with Crippen LogP contribution < -0.4 is 9.64 Å². The fourth-order valence-corrected chi connectivity index (χ4v) is 4.42. The number of hydrogen-bond donors (Lipinski definition) is 0. The number of halogens is 1. The van der Waals surface area contributed by atoms with Crippen LogP contribution in [0, 0.1) is 13.8 Å². The molecule has 0 spiro atoms. The van der Waals surface area contributed by atoms with E-state index >= 15 is 0 Å². The lowest BCUT2D eigenvalue weighted by Gasteiger charge is -2.17. The molecule has 1 aromatic heterocycles. The van der Waals surface area contributed by atoms with E-state index in [2.05, 4.69) is 4.57 Å². The molecule has 1 aliphatic rings. The van der Waals surface area contributed by atoms with E-state index < -0.39 is 5.97 Å². The van der Waals surface area contributed by atoms with E-state index in [1.165, 1.54) is 12.0 Å². The number of amides is 1. The first kappa shape index (κ1) is 23.4. The van der Waals surface area contributed by atoms with Crippen molar-refractivity contribution in [3.8, 4) is 11.4 Å². The Morgan fingerprint density at radius 3 is 2.15 bits per heavy atom. The maximum atomic E-state index is 13.5. The summed E-state index contributed by atoms with van der Waals surface area (Å²) in [4.78, 5) is 27.7. The van der Waals surface area contributed by atoms with Crippen LogP contribution in [0.1, 0.15) is 23.9 Å². The first-order chi connectivity index (χ1) is 16.3. The van der Waals surface area contributed by atoms with Crippen LogP contribution in [0.2, 0.25) is 5.02 Å². The lowest BCUT2D eigenvalue weighted by Crippen LogP contribution is -2.24. The number of carbonyl (C=O) groups is 2. The first-order valence-corrected chi connectivity index (χ1v) is 11.1. The van der Waals surface area contributed by atoms with Crippen LogP contribution in [0.15, 0.2) is 71.4 Å². The van der Waals surface area contributed by atoms with Crippen LogP contribution in [0.4, 0.5) is 5.69 Å². The van der Waals surface area contributed by atoms with Crippen LogP contribution in [0.3, 0.4) is 0 Å². The summed E-state index contributed by atoms with van der Waals surface area (Å²) in [5.74, 6) is -0.0808. The molecule has 0 radical (unpaired) electrons. The number of ether oxygens (including phenoxy) is 2. The topological polar surface area (TPSA) is 60.8 Å². The van der Waals surface area contributed by atoms with Crippen molar-refractivity contribution in [2.24, 2.45) is 0 Å². The predicted octanol–water partition coefficient (Wildman–Crippen LogP) is 5.63. The molecule has 0 aliphatic carbocycles. The highest BCUT2D eigenvalue weighted by Crippen LogP contribution is 2.36. The average molecular weight is 477 g/mol. The number of nitrogens with zero attached hydrogens (tertiary/aromatic N) is 2. The number of allylic oxidation sites excluding steroid dienone is 1. The maximum absolute atomic E-state index is 13.5. The summed E-state index contributed by atoms with van der Waals surface area (Å²) in [5.41, 5.74) is 5.41. The summed E-state index contributed by atoms with van der Waals surface area (Å²) >= 11 is 6.02. The van der Waals surface area contributed by atoms with Gasteiger partial charge in [-0.3, -0.25) is 9.69 Å². The van der Waals surface area contributed by atoms with Crippen molar-refractivity contribution in [1.82, 2.24) is 4.57 Å². The average Bonchev–Trinajstić information content (AvgIpc) is 3.25. The molecule has 0 saturated carbocycles. The minimum absolute atomic E-state index is 0.247. The highest BCUT2D eigenvalue weighted by molar-refractivity contribution is 6.30. The molecule has 34 heavy (non-hydrogen) atoms. The Kier molecular flexibility index (Phi) is 6.35. The number of aromatic nitrogens is 1. The Balaban J connectivity index is 1.82. The van der Waals surface area contributed by atoms with E-state index in [-0.39, 0.29) is 17.1 Å². The van der Waals surface area contributed by atoms with Crippen LogP contribution in [0.5, 0.6) is 5.75 Å². The van der Waals surface area contributed by atoms with Gasteiger partial charge in [-0.05, 0) is 87.0 Å². The van der Waals surface area contributed by atoms with Crippen LogP contribution in [-0.2, 0) is 14.3 Å². The molecule has 1 amide bonds. The Hall–Kier alpha value is -3.77. The number of rotatable bonds is 5. The molecule has 0 unspecified atom stereocenters. The Labute approximate surface area is 203 Å². The van der Waals surface area contributed by atoms with E-state index in [1.807, 2.05) is 44.2 Å². The lowest BCUT2D eigenvalue weighted by molar-refractivity contribution is -0.136. The number of aryl methyl sites for hydroxylation is 1. The Morgan fingerprint density at radius 2 is 1.56 bits per heavy atom. The minimum atomic E-state index is -0.558. The molecule has 2 heterocycles. The van der Waals surface area contributed by atoms with Gasteiger partial charge in [-0.15, -0.1) is 0 Å². The monoisotopic (exact) mass is 476 g/mol. The first-order valence-electron chi connectivity index (χ1n) is 10.7. The van der Waals surface area contributed by atoms with Gasteiger partial charge in [-0.25, -0.2) is 4.79 Å². The summed E-state index contributed by atoms with van der Waals surface area (Å²) in [7, 11) is 2.94. The van der Waals surface area contributed by atoms with Gasteiger partial charge in [-0.1, -0.05) is 11.6 Å². The van der Waals surface area contributed by atoms with Crippen molar-refractivity contribution >= 4 is 35.2 Å². The largest absolute Gasteiger partial charge is 0.497 e. The van der Waals surface area contributed by atoms with Gasteiger partial charge in [0.1, 0.15) is 5.75 Å². The Bertz CT molecular complexity index is 1330. The fraction of sp³-hybridized carbons (Fsp3) is 0.185. The summed E-state index contributed by atoms with van der Waals surface area (Å²) in [6, 6.07) is 16.7. The second-order valence-electron chi connectivity index (χ2n) is 7.99. The standard InChI is InChI=1S/C27H25ClN2O4/c1-16-14-19(17(2)29(16)21-10-12-23(33-4)13-11-21)15-24-25(27(32)34-5)18(3)30(26(24)31)22-8-6-20(28)7-9-22/h6-15H,1-5H3/b24-15-. The molecular formula is C27H25ClN2O4. The molecule has 6 nitrogen and oxygen atoms in total. The smallest absolute Gasteiger partial charge is 0.340 e. The quantitative estimate of drug-likeness (QED) is 0.353. The molecule has 0 fully saturated rings. The lowest BCUT2D eigenvalue weighted by atomic mass is 10.0. The molecule has 3 aromatic rings. The number of carbonyl (C=O) groups excluding carboxylic acids is 2. The zero-order valence-electron chi connectivity index (χ0n) is 19.7. The van der Waals surface area contributed by atoms with E-state index in [0.29, 0.717) is 16.4 Å². The van der Waals surface area contributed by atoms with Crippen LogP contribution >= 0.6 is 11.6 Å². The highest BCUT2D eigenvalue weighted by atomic mass is 35.5. The van der Waals surface area contributed by atoms with E-state index in [0.717, 1.165) is 28.4 Å². The third-order valence-electron chi connectivity index (χ3n) is 5.98. The summed E-state index contributed by atoms with van der Waals surface area (Å²) in [6.45, 7) is 5.71. The molecular weight excluding hydrogens is 452 g/mol. The fourth-order valence-electron chi connectivity index (χ4n) is 4.30. The van der Waals surface area contributed by atoms with Crippen molar-refractivity contribution in [2.45, 2.75) is 20.8 Å². The van der Waals surface area contributed by atoms with Gasteiger partial charge in [0.2, 0.25) is 0 Å². The molecule has 0 atom stereocenters. The number of hydrogen-bond acceptors (Lipinski definition) is 4. The molecule has 1 aliphatic heterocycles. The molecule has 7 heteroatoms. The maximum Gasteiger partial charge on any atom is 0.340 e. The summed E-state index contributed by atoms with van der Waals surface area (Å²) in [6.07, 6.45) is 1.76. The van der Waals surface area contributed by atoms with Gasteiger partial charge in [0, 0.05) is 33.5 Å². The third kappa shape index (κ3) is 4.01. The minimum Gasteiger partial charge on any atom is -0.497 e. The molecule has 4 rings (SSSR count). The summed E-state index contributed by atoms with van der Waals surface area (Å²) in [5, 5.41) is 0.562. The second-order valence-corrected chi connectivity index (χ2v) is 8.42. The zero-order chi connectivity index (χ0) is 24.6. The number of methoxy groups -OCH3 is 2. The SMILES string of the molecule is COC(=O)C1=C(C)N(c2ccc(Cl)cc2)C(=O)/C1=C\c1cc(C)n(-c2ccc(OC)cc2)c1C. The molecule has 0 bridgehead atoms. The third-order valence-corrected chi connectivity index (χ3v) is 6.23. The molecule has 174 valence electrons. The van der Waals surface area contributed by atoms with Crippen LogP contribution in [0.25, 0.3) is 11.8 Å². The van der Waals surface area contributed by atoms with Gasteiger partial charge in [0.15, 0.2) is 0 Å². The van der Waals surface area contributed by atoms with E-state index in [4.69, 9.17) is 21.1 Å². The summed E-state index contributed by atoms with van der Waals surface area (Å²) < 4.78 is 12.4. The molecule has 0 saturated heterocycles. The normalized spacial score (nSPS) is 14.8. The van der Waals surface area contributed by atoms with E-state index in [9.17, 15) is 9.59 Å².